The van der Waals surface area contributed by atoms with E-state index in [2.05, 4.69) is 171 Å². The maximum absolute atomic E-state index is 2.50. The molecule has 3 nitrogen and oxygen atoms in total. The van der Waals surface area contributed by atoms with Crippen molar-refractivity contribution in [2.24, 2.45) is 0 Å². The molecule has 0 unspecified atom stereocenters. The molecule has 0 atom stereocenters. The third-order valence-corrected chi connectivity index (χ3v) is 12.7. The van der Waals surface area contributed by atoms with Crippen molar-refractivity contribution in [2.45, 2.75) is 119 Å². The SMILES string of the molecule is CC(C)N(c1ccc([As](c2ccc(N(C(C)C)C(C)C)cc2)c2ccc(N(C(C)C)C(C)C)cc2)cc1)C(C)C. The van der Waals surface area contributed by atoms with Gasteiger partial charge in [0.15, 0.2) is 0 Å². The summed E-state index contributed by atoms with van der Waals surface area (Å²) in [5, 5.41) is 0. The number of hydrogen-bond acceptors (Lipinski definition) is 3. The van der Waals surface area contributed by atoms with Crippen LogP contribution in [-0.2, 0) is 0 Å². The van der Waals surface area contributed by atoms with Gasteiger partial charge in [0.2, 0.25) is 0 Å². The topological polar surface area (TPSA) is 9.72 Å². The average molecular weight is 604 g/mol. The molecule has 3 rings (SSSR count). The van der Waals surface area contributed by atoms with Crippen molar-refractivity contribution in [3.05, 3.63) is 72.8 Å². The van der Waals surface area contributed by atoms with Gasteiger partial charge in [0.05, 0.1) is 0 Å². The summed E-state index contributed by atoms with van der Waals surface area (Å²) in [6.07, 6.45) is 0. The zero-order chi connectivity index (χ0) is 29.7. The second-order valence-electron chi connectivity index (χ2n) is 12.7. The van der Waals surface area contributed by atoms with Crippen LogP contribution in [0.4, 0.5) is 17.1 Å². The molecular weight excluding hydrogens is 549 g/mol. The Kier molecular flexibility index (Phi) is 11.2. The number of hydrogen-bond donors (Lipinski definition) is 0. The minimum atomic E-state index is -1.76. The van der Waals surface area contributed by atoms with Crippen molar-refractivity contribution in [1.82, 2.24) is 0 Å². The number of rotatable bonds is 12. The summed E-state index contributed by atoms with van der Waals surface area (Å²) in [7, 11) is 0. The van der Waals surface area contributed by atoms with Crippen LogP contribution in [0.15, 0.2) is 72.8 Å². The fourth-order valence-corrected chi connectivity index (χ4v) is 11.0. The molecule has 218 valence electrons. The molecule has 0 radical (unpaired) electrons. The Morgan fingerprint density at radius 1 is 0.325 bits per heavy atom. The Balaban J connectivity index is 2.08. The summed E-state index contributed by atoms with van der Waals surface area (Å²) in [5.41, 5.74) is 3.92. The minimum absolute atomic E-state index is 0.467. The first-order valence-electron chi connectivity index (χ1n) is 15.3. The van der Waals surface area contributed by atoms with Crippen LogP contribution < -0.4 is 27.8 Å². The Morgan fingerprint density at radius 2 is 0.500 bits per heavy atom. The molecular formula is C36H54AsN3. The van der Waals surface area contributed by atoms with Gasteiger partial charge in [0.25, 0.3) is 0 Å². The maximum atomic E-state index is 2.50. The molecule has 0 N–H and O–H groups in total. The zero-order valence-corrected chi connectivity index (χ0v) is 29.1. The van der Waals surface area contributed by atoms with Crippen LogP contribution in [0.1, 0.15) is 83.1 Å². The number of anilines is 3. The summed E-state index contributed by atoms with van der Waals surface area (Å²) < 4.78 is 4.41. The van der Waals surface area contributed by atoms with Gasteiger partial charge >= 0.3 is 252 Å². The predicted octanol–water partition coefficient (Wildman–Crippen LogP) is 7.07. The monoisotopic (exact) mass is 603 g/mol. The van der Waals surface area contributed by atoms with Crippen molar-refractivity contribution in [2.75, 3.05) is 14.7 Å². The molecule has 40 heavy (non-hydrogen) atoms. The van der Waals surface area contributed by atoms with Crippen LogP contribution in [-0.4, -0.2) is 50.9 Å². The van der Waals surface area contributed by atoms with Gasteiger partial charge in [-0.1, -0.05) is 0 Å². The van der Waals surface area contributed by atoms with E-state index in [0.717, 1.165) is 0 Å². The van der Waals surface area contributed by atoms with E-state index in [-0.39, 0.29) is 0 Å². The van der Waals surface area contributed by atoms with Crippen LogP contribution in [0.2, 0.25) is 0 Å². The van der Waals surface area contributed by atoms with Gasteiger partial charge in [0, 0.05) is 0 Å². The fraction of sp³-hybridized carbons (Fsp3) is 0.500. The van der Waals surface area contributed by atoms with E-state index in [1.54, 1.807) is 0 Å². The summed E-state index contributed by atoms with van der Waals surface area (Å²) in [5.74, 6) is 0. The Labute approximate surface area is 250 Å². The Hall–Kier alpha value is -2.38. The molecule has 0 spiro atoms. The molecule has 0 amide bonds. The molecule has 0 bridgehead atoms. The van der Waals surface area contributed by atoms with E-state index >= 15 is 0 Å². The first kappa shape index (κ1) is 32.1. The third kappa shape index (κ3) is 7.47. The van der Waals surface area contributed by atoms with Crippen LogP contribution >= 0.6 is 0 Å². The average Bonchev–Trinajstić information content (AvgIpc) is 2.86. The summed E-state index contributed by atoms with van der Waals surface area (Å²) in [4.78, 5) is 7.51. The van der Waals surface area contributed by atoms with E-state index in [1.165, 1.54) is 30.1 Å². The fourth-order valence-electron chi connectivity index (χ4n) is 6.35. The van der Waals surface area contributed by atoms with Crippen molar-refractivity contribution < 1.29 is 0 Å². The summed E-state index contributed by atoms with van der Waals surface area (Å²) in [6.45, 7) is 27.4. The third-order valence-electron chi connectivity index (χ3n) is 7.56. The molecule has 4 heteroatoms. The van der Waals surface area contributed by atoms with Crippen LogP contribution in [0.25, 0.3) is 0 Å². The van der Waals surface area contributed by atoms with E-state index in [4.69, 9.17) is 0 Å². The van der Waals surface area contributed by atoms with Crippen LogP contribution in [0, 0.1) is 0 Å². The second kappa shape index (κ2) is 14.0. The predicted molar refractivity (Wildman–Crippen MR) is 182 cm³/mol. The van der Waals surface area contributed by atoms with E-state index < -0.39 is 14.7 Å². The quantitative estimate of drug-likeness (QED) is 0.205. The number of nitrogens with zero attached hydrogens (tertiary/aromatic N) is 3. The van der Waals surface area contributed by atoms with Gasteiger partial charge in [-0.15, -0.1) is 0 Å². The van der Waals surface area contributed by atoms with Gasteiger partial charge < -0.3 is 0 Å². The molecule has 0 saturated heterocycles. The van der Waals surface area contributed by atoms with Gasteiger partial charge in [0.1, 0.15) is 0 Å². The van der Waals surface area contributed by atoms with Crippen molar-refractivity contribution in [3.8, 4) is 0 Å². The molecule has 3 aromatic carbocycles. The molecule has 0 aliphatic rings. The Bertz CT molecular complexity index is 987. The van der Waals surface area contributed by atoms with Gasteiger partial charge in [-0.25, -0.2) is 0 Å². The first-order valence-corrected chi connectivity index (χ1v) is 18.1. The zero-order valence-electron chi connectivity index (χ0n) is 27.2. The van der Waals surface area contributed by atoms with Crippen LogP contribution in [0.5, 0.6) is 0 Å². The molecule has 0 aliphatic carbocycles. The molecule has 0 saturated carbocycles. The first-order chi connectivity index (χ1) is 18.8. The molecule has 3 aromatic rings. The Morgan fingerprint density at radius 3 is 0.650 bits per heavy atom. The molecule has 0 aromatic heterocycles. The second-order valence-corrected chi connectivity index (χ2v) is 17.3. The summed E-state index contributed by atoms with van der Waals surface area (Å²) in [6, 6.07) is 31.3. The van der Waals surface area contributed by atoms with E-state index in [9.17, 15) is 0 Å². The van der Waals surface area contributed by atoms with Gasteiger partial charge in [-0.3, -0.25) is 0 Å². The van der Waals surface area contributed by atoms with Crippen molar-refractivity contribution in [1.29, 1.82) is 0 Å². The van der Waals surface area contributed by atoms with E-state index in [1.807, 2.05) is 0 Å². The number of benzene rings is 3. The summed E-state index contributed by atoms with van der Waals surface area (Å²) >= 11 is -1.76. The van der Waals surface area contributed by atoms with Crippen LogP contribution in [0.3, 0.4) is 0 Å². The van der Waals surface area contributed by atoms with Crippen molar-refractivity contribution >= 4 is 44.8 Å². The molecule has 0 heterocycles. The van der Waals surface area contributed by atoms with Crippen molar-refractivity contribution in [3.63, 3.8) is 0 Å². The molecule has 0 fully saturated rings. The molecule has 0 aliphatic heterocycles. The standard InChI is InChI=1S/C36H54AsN3/c1-25(2)38(26(3)4)34-19-13-31(14-20-34)37(32-15-21-35(22-16-32)39(27(5)6)28(7)8)33-17-23-36(24-18-33)40(29(9)10)30(11)12/h13-30H,1-12H3. The van der Waals surface area contributed by atoms with Gasteiger partial charge in [-0.2, -0.15) is 0 Å². The normalized spacial score (nSPS) is 12.1. The van der Waals surface area contributed by atoms with E-state index in [0.29, 0.717) is 36.3 Å². The van der Waals surface area contributed by atoms with Gasteiger partial charge in [-0.05, 0) is 0 Å².